The minimum Gasteiger partial charge on any atom is -0.511 e. The molecule has 1 aromatic heterocycles. The lowest BCUT2D eigenvalue weighted by Crippen LogP contribution is -2.27. The van der Waals surface area contributed by atoms with Gasteiger partial charge in [-0.2, -0.15) is 5.10 Å². The Balaban J connectivity index is 2.05. The van der Waals surface area contributed by atoms with Crippen molar-refractivity contribution in [1.29, 1.82) is 0 Å². The van der Waals surface area contributed by atoms with Gasteiger partial charge in [0.1, 0.15) is 5.76 Å². The molecule has 0 aliphatic heterocycles. The first kappa shape index (κ1) is 14.9. The van der Waals surface area contributed by atoms with Gasteiger partial charge in [0, 0.05) is 25.2 Å². The third-order valence-corrected chi connectivity index (χ3v) is 3.18. The highest BCUT2D eigenvalue weighted by Gasteiger charge is 2.32. The molecule has 0 atom stereocenters. The van der Waals surface area contributed by atoms with Crippen LogP contribution in [0.15, 0.2) is 41.0 Å². The van der Waals surface area contributed by atoms with Gasteiger partial charge in [0.25, 0.3) is 5.91 Å². The molecule has 1 aliphatic rings. The fourth-order valence-corrected chi connectivity index (χ4v) is 2.17. The van der Waals surface area contributed by atoms with E-state index in [4.69, 9.17) is 0 Å². The number of ketones is 1. The molecule has 2 N–H and O–H groups in total. The van der Waals surface area contributed by atoms with Crippen LogP contribution in [0.2, 0.25) is 0 Å². The summed E-state index contributed by atoms with van der Waals surface area (Å²) < 4.78 is 0. The molecule has 0 unspecified atom stereocenters. The van der Waals surface area contributed by atoms with E-state index in [-0.39, 0.29) is 22.5 Å². The van der Waals surface area contributed by atoms with Gasteiger partial charge in [-0.15, -0.1) is 0 Å². The van der Waals surface area contributed by atoms with Crippen LogP contribution < -0.4 is 5.43 Å². The number of pyridine rings is 1. The number of aromatic nitrogens is 1. The van der Waals surface area contributed by atoms with Crippen molar-refractivity contribution >= 4 is 17.9 Å². The average Bonchev–Trinajstić information content (AvgIpc) is 2.41. The molecule has 110 valence electrons. The molecule has 6 heteroatoms. The van der Waals surface area contributed by atoms with Gasteiger partial charge < -0.3 is 5.11 Å². The summed E-state index contributed by atoms with van der Waals surface area (Å²) in [6.07, 6.45) is 4.92. The summed E-state index contributed by atoms with van der Waals surface area (Å²) in [4.78, 5) is 27.5. The monoisotopic (exact) mass is 287 g/mol. The molecule has 1 aliphatic carbocycles. The van der Waals surface area contributed by atoms with Crippen LogP contribution >= 0.6 is 0 Å². The number of nitrogens with zero attached hydrogens (tertiary/aromatic N) is 2. The molecule has 1 aromatic rings. The number of nitrogens with one attached hydrogen (secondary N) is 1. The third-order valence-electron chi connectivity index (χ3n) is 3.18. The van der Waals surface area contributed by atoms with Crippen LogP contribution in [-0.4, -0.2) is 28.0 Å². The van der Waals surface area contributed by atoms with Gasteiger partial charge >= 0.3 is 0 Å². The van der Waals surface area contributed by atoms with Crippen molar-refractivity contribution in [3.8, 4) is 0 Å². The van der Waals surface area contributed by atoms with Gasteiger partial charge in [0.15, 0.2) is 5.78 Å². The van der Waals surface area contributed by atoms with E-state index in [2.05, 4.69) is 15.5 Å². The minimum absolute atomic E-state index is 0.00984. The Hall–Kier alpha value is -2.50. The number of Topliss-reactive ketones (excluding diaryl/α,β-unsaturated/α-hetero) is 1. The Bertz CT molecular complexity index is 618. The van der Waals surface area contributed by atoms with Crippen LogP contribution in [0.25, 0.3) is 0 Å². The van der Waals surface area contributed by atoms with E-state index in [0.29, 0.717) is 18.4 Å². The van der Waals surface area contributed by atoms with Crippen molar-refractivity contribution in [2.45, 2.75) is 26.7 Å². The molecule has 2 rings (SSSR count). The first-order valence-electron chi connectivity index (χ1n) is 6.58. The van der Waals surface area contributed by atoms with Crippen LogP contribution in [-0.2, 0) is 4.79 Å². The minimum atomic E-state index is -0.428. The summed E-state index contributed by atoms with van der Waals surface area (Å²) in [6, 6.07) is 3.24. The first-order valence-corrected chi connectivity index (χ1v) is 6.58. The first-order chi connectivity index (χ1) is 9.89. The zero-order valence-corrected chi connectivity index (χ0v) is 12.0. The maximum Gasteiger partial charge on any atom is 0.272 e. The van der Waals surface area contributed by atoms with E-state index < -0.39 is 5.91 Å². The lowest BCUT2D eigenvalue weighted by atomic mass is 9.77. The number of hydrogen-bond acceptors (Lipinski definition) is 5. The smallest absolute Gasteiger partial charge is 0.272 e. The van der Waals surface area contributed by atoms with E-state index in [9.17, 15) is 14.7 Å². The van der Waals surface area contributed by atoms with E-state index in [1.807, 2.05) is 13.8 Å². The van der Waals surface area contributed by atoms with Crippen LogP contribution in [0.1, 0.15) is 37.0 Å². The van der Waals surface area contributed by atoms with Crippen LogP contribution in [0, 0.1) is 5.41 Å². The molecule has 0 saturated carbocycles. The van der Waals surface area contributed by atoms with Crippen LogP contribution in [0.3, 0.4) is 0 Å². The number of rotatable bonds is 3. The number of aliphatic hydroxyl groups is 1. The molecule has 21 heavy (non-hydrogen) atoms. The van der Waals surface area contributed by atoms with Crippen LogP contribution in [0.5, 0.6) is 0 Å². The van der Waals surface area contributed by atoms with Crippen molar-refractivity contribution in [2.24, 2.45) is 10.5 Å². The molecular weight excluding hydrogens is 270 g/mol. The largest absolute Gasteiger partial charge is 0.511 e. The summed E-state index contributed by atoms with van der Waals surface area (Å²) in [5.74, 6) is -0.596. The number of aliphatic hydroxyl groups excluding tert-OH is 1. The van der Waals surface area contributed by atoms with Gasteiger partial charge in [-0.25, -0.2) is 5.43 Å². The Labute approximate surface area is 122 Å². The second-order valence-corrected chi connectivity index (χ2v) is 5.74. The van der Waals surface area contributed by atoms with E-state index in [1.165, 1.54) is 12.4 Å². The highest BCUT2D eigenvalue weighted by molar-refractivity contribution is 6.14. The number of allylic oxidation sites excluding steroid dienone is 2. The van der Waals surface area contributed by atoms with Gasteiger partial charge in [-0.3, -0.25) is 14.6 Å². The van der Waals surface area contributed by atoms with E-state index >= 15 is 0 Å². The zero-order valence-electron chi connectivity index (χ0n) is 12.0. The van der Waals surface area contributed by atoms with E-state index in [0.717, 1.165) is 0 Å². The summed E-state index contributed by atoms with van der Waals surface area (Å²) in [6.45, 7) is 3.83. The van der Waals surface area contributed by atoms with Gasteiger partial charge in [0.05, 0.1) is 17.4 Å². The Morgan fingerprint density at radius 2 is 2.24 bits per heavy atom. The summed E-state index contributed by atoms with van der Waals surface area (Å²) in [7, 11) is 0. The number of amides is 1. The number of carbonyl (C=O) groups excluding carboxylic acids is 2. The van der Waals surface area contributed by atoms with Gasteiger partial charge in [-0.05, 0) is 17.5 Å². The number of carbonyl (C=O) groups is 2. The van der Waals surface area contributed by atoms with Crippen LogP contribution in [0.4, 0.5) is 0 Å². The molecule has 6 nitrogen and oxygen atoms in total. The molecule has 0 radical (unpaired) electrons. The molecule has 0 saturated heterocycles. The Morgan fingerprint density at radius 1 is 1.48 bits per heavy atom. The maximum atomic E-state index is 11.9. The average molecular weight is 287 g/mol. The Morgan fingerprint density at radius 3 is 2.86 bits per heavy atom. The SMILES string of the molecule is CC1(C)CC(=O)C(/C=N/NC(=O)c2cccnc2)=C(O)C1. The standard InChI is InChI=1S/C15H17N3O3/c1-15(2)6-12(19)11(13(20)7-15)9-17-18-14(21)10-4-3-5-16-8-10/h3-5,8-9,19H,6-7H2,1-2H3,(H,18,21)/b17-9+. The fraction of sp³-hybridized carbons (Fsp3) is 0.333. The topological polar surface area (TPSA) is 91.7 Å². The lowest BCUT2D eigenvalue weighted by Gasteiger charge is -2.28. The summed E-state index contributed by atoms with van der Waals surface area (Å²) in [5, 5.41) is 13.6. The van der Waals surface area contributed by atoms with Gasteiger partial charge in [0.2, 0.25) is 0 Å². The number of hydrogen-bond donors (Lipinski definition) is 2. The molecule has 1 amide bonds. The number of hydrazone groups is 1. The van der Waals surface area contributed by atoms with Crippen molar-refractivity contribution in [3.63, 3.8) is 0 Å². The molecule has 1 heterocycles. The quantitative estimate of drug-likeness (QED) is 0.657. The van der Waals surface area contributed by atoms with Gasteiger partial charge in [-0.1, -0.05) is 13.8 Å². The summed E-state index contributed by atoms with van der Waals surface area (Å²) in [5.41, 5.74) is 2.57. The third kappa shape index (κ3) is 3.75. The van der Waals surface area contributed by atoms with E-state index in [1.54, 1.807) is 18.3 Å². The fourth-order valence-electron chi connectivity index (χ4n) is 2.17. The normalized spacial score (nSPS) is 18.1. The summed E-state index contributed by atoms with van der Waals surface area (Å²) >= 11 is 0. The van der Waals surface area contributed by atoms with Crippen molar-refractivity contribution in [1.82, 2.24) is 10.4 Å². The molecule has 0 bridgehead atoms. The lowest BCUT2D eigenvalue weighted by molar-refractivity contribution is -0.117. The van der Waals surface area contributed by atoms with Crippen molar-refractivity contribution in [3.05, 3.63) is 41.4 Å². The predicted octanol–water partition coefficient (Wildman–Crippen LogP) is 2.00. The molecule has 0 spiro atoms. The second-order valence-electron chi connectivity index (χ2n) is 5.74. The Kier molecular flexibility index (Phi) is 4.16. The zero-order chi connectivity index (χ0) is 15.5. The highest BCUT2D eigenvalue weighted by Crippen LogP contribution is 2.34. The van der Waals surface area contributed by atoms with Crippen molar-refractivity contribution in [2.75, 3.05) is 0 Å². The predicted molar refractivity (Wildman–Crippen MR) is 77.9 cm³/mol. The molecule has 0 fully saturated rings. The maximum absolute atomic E-state index is 11.9. The molecular formula is C15H17N3O3. The highest BCUT2D eigenvalue weighted by atomic mass is 16.3. The van der Waals surface area contributed by atoms with Crippen molar-refractivity contribution < 1.29 is 14.7 Å². The second kappa shape index (κ2) is 5.87. The molecule has 0 aromatic carbocycles.